The second-order valence-corrected chi connectivity index (χ2v) is 4.92. The van der Waals surface area contributed by atoms with Crippen molar-refractivity contribution in [3.63, 3.8) is 0 Å². The second kappa shape index (κ2) is 4.71. The van der Waals surface area contributed by atoms with E-state index in [4.69, 9.17) is 5.11 Å². The van der Waals surface area contributed by atoms with Crippen molar-refractivity contribution in [3.8, 4) is 0 Å². The van der Waals surface area contributed by atoms with E-state index in [1.807, 2.05) is 11.8 Å². The third-order valence-corrected chi connectivity index (χ3v) is 3.80. The predicted molar refractivity (Wildman–Crippen MR) is 61.4 cm³/mol. The standard InChI is InChI=1S/C12H14O2S/c13-12(14)6-4-9-3-5-11-10(8-9)2-1-7-15-11/h3,5,8H,1-2,4,6-7H2,(H,13,14). The highest BCUT2D eigenvalue weighted by atomic mass is 32.2. The van der Waals surface area contributed by atoms with Crippen LogP contribution < -0.4 is 0 Å². The Labute approximate surface area is 93.7 Å². The fraction of sp³-hybridized carbons (Fsp3) is 0.417. The molecule has 0 amide bonds. The van der Waals surface area contributed by atoms with Crippen molar-refractivity contribution in [1.29, 1.82) is 0 Å². The van der Waals surface area contributed by atoms with Crippen molar-refractivity contribution in [2.24, 2.45) is 0 Å². The van der Waals surface area contributed by atoms with E-state index in [1.165, 1.54) is 22.6 Å². The van der Waals surface area contributed by atoms with Gasteiger partial charge in [-0.3, -0.25) is 4.79 Å². The Bertz CT molecular complexity index is 374. The fourth-order valence-corrected chi connectivity index (χ4v) is 2.84. The topological polar surface area (TPSA) is 37.3 Å². The van der Waals surface area contributed by atoms with Gasteiger partial charge in [0.1, 0.15) is 0 Å². The Balaban J connectivity index is 2.10. The van der Waals surface area contributed by atoms with Gasteiger partial charge >= 0.3 is 5.97 Å². The molecule has 1 aromatic rings. The number of carboxylic acid groups (broad SMARTS) is 1. The van der Waals surface area contributed by atoms with Crippen LogP contribution in [0.4, 0.5) is 0 Å². The second-order valence-electron chi connectivity index (χ2n) is 3.79. The van der Waals surface area contributed by atoms with Crippen molar-refractivity contribution in [3.05, 3.63) is 29.3 Å². The maximum absolute atomic E-state index is 10.5. The Hall–Kier alpha value is -0.960. The third-order valence-electron chi connectivity index (χ3n) is 2.60. The lowest BCUT2D eigenvalue weighted by atomic mass is 10.0. The van der Waals surface area contributed by atoms with Gasteiger partial charge < -0.3 is 5.11 Å². The molecule has 0 aliphatic carbocycles. The number of fused-ring (bicyclic) bond motifs is 1. The van der Waals surface area contributed by atoms with Gasteiger partial charge in [0.25, 0.3) is 0 Å². The summed E-state index contributed by atoms with van der Waals surface area (Å²) in [7, 11) is 0. The van der Waals surface area contributed by atoms with Crippen LogP contribution >= 0.6 is 11.8 Å². The highest BCUT2D eigenvalue weighted by molar-refractivity contribution is 7.99. The van der Waals surface area contributed by atoms with Crippen LogP contribution in [0.15, 0.2) is 23.1 Å². The SMILES string of the molecule is O=C(O)CCc1ccc2c(c1)CCCS2. The van der Waals surface area contributed by atoms with Gasteiger partial charge in [-0.2, -0.15) is 0 Å². The molecule has 0 atom stereocenters. The summed E-state index contributed by atoms with van der Waals surface area (Å²) in [6.07, 6.45) is 3.25. The molecule has 15 heavy (non-hydrogen) atoms. The number of aliphatic carboxylic acids is 1. The molecule has 0 spiro atoms. The van der Waals surface area contributed by atoms with Crippen LogP contribution in [0, 0.1) is 0 Å². The van der Waals surface area contributed by atoms with Gasteiger partial charge in [-0.05, 0) is 42.2 Å². The molecule has 0 fully saturated rings. The number of carbonyl (C=O) groups is 1. The molecule has 0 saturated heterocycles. The molecule has 0 bridgehead atoms. The number of rotatable bonds is 3. The minimum atomic E-state index is -0.720. The zero-order valence-electron chi connectivity index (χ0n) is 8.53. The summed E-state index contributed by atoms with van der Waals surface area (Å²) in [6.45, 7) is 0. The molecule has 0 unspecified atom stereocenters. The van der Waals surface area contributed by atoms with E-state index in [-0.39, 0.29) is 6.42 Å². The summed E-state index contributed by atoms with van der Waals surface area (Å²) >= 11 is 1.91. The maximum Gasteiger partial charge on any atom is 0.303 e. The normalized spacial score (nSPS) is 14.7. The molecule has 1 aliphatic rings. The molecule has 1 heterocycles. The fourth-order valence-electron chi connectivity index (χ4n) is 1.82. The van der Waals surface area contributed by atoms with Crippen molar-refractivity contribution < 1.29 is 9.90 Å². The first-order chi connectivity index (χ1) is 7.25. The lowest BCUT2D eigenvalue weighted by Crippen LogP contribution is -2.01. The summed E-state index contributed by atoms with van der Waals surface area (Å²) in [6, 6.07) is 6.36. The first kappa shape index (κ1) is 10.6. The Morgan fingerprint density at radius 1 is 1.47 bits per heavy atom. The van der Waals surface area contributed by atoms with Crippen molar-refractivity contribution in [1.82, 2.24) is 0 Å². The van der Waals surface area contributed by atoms with E-state index in [9.17, 15) is 4.79 Å². The highest BCUT2D eigenvalue weighted by Gasteiger charge is 2.10. The quantitative estimate of drug-likeness (QED) is 0.854. The molecule has 2 rings (SSSR count). The van der Waals surface area contributed by atoms with Crippen LogP contribution in [0.2, 0.25) is 0 Å². The van der Waals surface area contributed by atoms with E-state index < -0.39 is 5.97 Å². The van der Waals surface area contributed by atoms with Gasteiger partial charge in [-0.1, -0.05) is 12.1 Å². The van der Waals surface area contributed by atoms with E-state index in [2.05, 4.69) is 18.2 Å². The summed E-state index contributed by atoms with van der Waals surface area (Å²) in [5, 5.41) is 8.61. The molecule has 3 heteroatoms. The number of thioether (sulfide) groups is 1. The lowest BCUT2D eigenvalue weighted by Gasteiger charge is -2.15. The van der Waals surface area contributed by atoms with Gasteiger partial charge in [-0.25, -0.2) is 0 Å². The zero-order valence-corrected chi connectivity index (χ0v) is 9.35. The van der Waals surface area contributed by atoms with Crippen LogP contribution in [0.25, 0.3) is 0 Å². The minimum absolute atomic E-state index is 0.228. The van der Waals surface area contributed by atoms with E-state index in [1.54, 1.807) is 0 Å². The smallest absolute Gasteiger partial charge is 0.303 e. The summed E-state index contributed by atoms with van der Waals surface area (Å²) in [5.74, 6) is 0.490. The highest BCUT2D eigenvalue weighted by Crippen LogP contribution is 2.30. The largest absolute Gasteiger partial charge is 0.481 e. The molecule has 2 nitrogen and oxygen atoms in total. The Morgan fingerprint density at radius 3 is 3.13 bits per heavy atom. The van der Waals surface area contributed by atoms with Crippen LogP contribution in [0.3, 0.4) is 0 Å². The minimum Gasteiger partial charge on any atom is -0.481 e. The number of aryl methyl sites for hydroxylation is 2. The molecular formula is C12H14O2S. The first-order valence-corrected chi connectivity index (χ1v) is 6.20. The van der Waals surface area contributed by atoms with Crippen LogP contribution in [-0.4, -0.2) is 16.8 Å². The molecule has 0 radical (unpaired) electrons. The molecule has 1 aliphatic heterocycles. The maximum atomic E-state index is 10.5. The van der Waals surface area contributed by atoms with Crippen molar-refractivity contribution >= 4 is 17.7 Å². The summed E-state index contributed by atoms with van der Waals surface area (Å²) in [5.41, 5.74) is 2.55. The molecule has 1 N–H and O–H groups in total. The van der Waals surface area contributed by atoms with Gasteiger partial charge in [0.05, 0.1) is 0 Å². The molecular weight excluding hydrogens is 208 g/mol. The van der Waals surface area contributed by atoms with Gasteiger partial charge in [0.15, 0.2) is 0 Å². The Morgan fingerprint density at radius 2 is 2.33 bits per heavy atom. The predicted octanol–water partition coefficient (Wildman–Crippen LogP) is 2.74. The monoisotopic (exact) mass is 222 g/mol. The number of hydrogen-bond donors (Lipinski definition) is 1. The Kier molecular flexibility index (Phi) is 3.31. The average Bonchev–Trinajstić information content (AvgIpc) is 2.26. The summed E-state index contributed by atoms with van der Waals surface area (Å²) in [4.78, 5) is 11.8. The van der Waals surface area contributed by atoms with Crippen molar-refractivity contribution in [2.45, 2.75) is 30.6 Å². The van der Waals surface area contributed by atoms with Crippen LogP contribution in [0.5, 0.6) is 0 Å². The zero-order chi connectivity index (χ0) is 10.7. The third kappa shape index (κ3) is 2.75. The van der Waals surface area contributed by atoms with E-state index in [0.717, 1.165) is 12.0 Å². The van der Waals surface area contributed by atoms with E-state index >= 15 is 0 Å². The molecule has 0 saturated carbocycles. The molecule has 0 aromatic heterocycles. The first-order valence-electron chi connectivity index (χ1n) is 5.22. The van der Waals surface area contributed by atoms with Gasteiger partial charge in [-0.15, -0.1) is 11.8 Å². The average molecular weight is 222 g/mol. The number of carboxylic acids is 1. The summed E-state index contributed by atoms with van der Waals surface area (Å²) < 4.78 is 0. The molecule has 1 aromatic carbocycles. The van der Waals surface area contributed by atoms with Crippen molar-refractivity contribution in [2.75, 3.05) is 5.75 Å². The van der Waals surface area contributed by atoms with Gasteiger partial charge in [0.2, 0.25) is 0 Å². The van der Waals surface area contributed by atoms with Crippen LogP contribution in [0.1, 0.15) is 24.0 Å². The number of hydrogen-bond acceptors (Lipinski definition) is 2. The van der Waals surface area contributed by atoms with Gasteiger partial charge in [0, 0.05) is 11.3 Å². The lowest BCUT2D eigenvalue weighted by molar-refractivity contribution is -0.136. The number of benzene rings is 1. The van der Waals surface area contributed by atoms with E-state index in [0.29, 0.717) is 6.42 Å². The molecule has 80 valence electrons. The van der Waals surface area contributed by atoms with Crippen LogP contribution in [-0.2, 0) is 17.6 Å².